The van der Waals surface area contributed by atoms with Crippen LogP contribution in [0.4, 0.5) is 0 Å². The Kier molecular flexibility index (Phi) is 3.08. The van der Waals surface area contributed by atoms with Crippen LogP contribution in [0.3, 0.4) is 0 Å². The second-order valence-electron chi connectivity index (χ2n) is 2.83. The maximum atomic E-state index is 11.1. The maximum absolute atomic E-state index is 11.1. The van der Waals surface area contributed by atoms with Gasteiger partial charge in [-0.05, 0) is 19.3 Å². The van der Waals surface area contributed by atoms with E-state index in [9.17, 15) is 9.59 Å². The molecule has 4 nitrogen and oxygen atoms in total. The number of rotatable bonds is 1. The van der Waals surface area contributed by atoms with Crippen molar-refractivity contribution in [2.24, 2.45) is 5.92 Å². The molecule has 1 amide bonds. The number of esters is 1. The molecule has 1 aliphatic heterocycles. The topological polar surface area (TPSA) is 55.4 Å². The maximum Gasteiger partial charge on any atom is 0.318 e. The van der Waals surface area contributed by atoms with Crippen molar-refractivity contribution in [3.05, 3.63) is 0 Å². The van der Waals surface area contributed by atoms with Crippen LogP contribution in [0.15, 0.2) is 0 Å². The Morgan fingerprint density at radius 2 is 2.33 bits per heavy atom. The van der Waals surface area contributed by atoms with E-state index in [0.29, 0.717) is 13.0 Å². The lowest BCUT2D eigenvalue weighted by atomic mass is 10.0. The molecular weight excluding hydrogens is 158 g/mol. The first-order valence-electron chi connectivity index (χ1n) is 4.14. The Labute approximate surface area is 71.3 Å². The molecule has 0 aromatic carbocycles. The van der Waals surface area contributed by atoms with Gasteiger partial charge in [-0.25, -0.2) is 0 Å². The van der Waals surface area contributed by atoms with Crippen molar-refractivity contribution in [2.45, 2.75) is 19.3 Å². The summed E-state index contributed by atoms with van der Waals surface area (Å²) < 4.78 is 4.84. The van der Waals surface area contributed by atoms with Crippen molar-refractivity contribution in [1.29, 1.82) is 0 Å². The van der Waals surface area contributed by atoms with Crippen molar-refractivity contribution in [1.82, 2.24) is 5.32 Å². The van der Waals surface area contributed by atoms with Crippen LogP contribution in [0.1, 0.15) is 19.3 Å². The molecule has 12 heavy (non-hydrogen) atoms. The first-order chi connectivity index (χ1) is 5.75. The van der Waals surface area contributed by atoms with E-state index in [1.807, 2.05) is 0 Å². The first-order valence-corrected chi connectivity index (χ1v) is 4.14. The Bertz CT molecular complexity index is 191. The van der Waals surface area contributed by atoms with E-state index < -0.39 is 5.92 Å². The summed E-state index contributed by atoms with van der Waals surface area (Å²) in [6.45, 7) is 0.451. The zero-order valence-electron chi connectivity index (χ0n) is 7.13. The fourth-order valence-corrected chi connectivity index (χ4v) is 1.25. The van der Waals surface area contributed by atoms with Gasteiger partial charge in [0, 0.05) is 7.05 Å². The SMILES string of the molecule is CNC(=O)C1CCCCOC1=O. The van der Waals surface area contributed by atoms with Crippen molar-refractivity contribution < 1.29 is 14.3 Å². The summed E-state index contributed by atoms with van der Waals surface area (Å²) in [5.74, 6) is -1.20. The Balaban J connectivity index is 2.59. The predicted molar refractivity (Wildman–Crippen MR) is 42.4 cm³/mol. The quantitative estimate of drug-likeness (QED) is 0.449. The van der Waals surface area contributed by atoms with Gasteiger partial charge in [-0.3, -0.25) is 9.59 Å². The molecule has 0 aromatic rings. The second kappa shape index (κ2) is 4.09. The van der Waals surface area contributed by atoms with E-state index in [2.05, 4.69) is 5.32 Å². The Hall–Kier alpha value is -1.06. The highest BCUT2D eigenvalue weighted by atomic mass is 16.5. The summed E-state index contributed by atoms with van der Waals surface area (Å²) in [7, 11) is 1.53. The number of carbonyl (C=O) groups excluding carboxylic acids is 2. The predicted octanol–water partition coefficient (Wildman–Crippen LogP) is 0.0757. The van der Waals surface area contributed by atoms with E-state index in [-0.39, 0.29) is 11.9 Å². The summed E-state index contributed by atoms with van der Waals surface area (Å²) in [4.78, 5) is 22.2. The first kappa shape index (κ1) is 9.03. The summed E-state index contributed by atoms with van der Waals surface area (Å²) in [6.07, 6.45) is 2.35. The molecule has 1 unspecified atom stereocenters. The molecule has 0 spiro atoms. The molecule has 1 rings (SSSR count). The Morgan fingerprint density at radius 3 is 3.00 bits per heavy atom. The molecule has 1 aliphatic rings. The third-order valence-electron chi connectivity index (χ3n) is 1.98. The van der Waals surface area contributed by atoms with Gasteiger partial charge in [0.25, 0.3) is 0 Å². The minimum Gasteiger partial charge on any atom is -0.465 e. The summed E-state index contributed by atoms with van der Waals surface area (Å²) in [6, 6.07) is 0. The fraction of sp³-hybridized carbons (Fsp3) is 0.750. The summed E-state index contributed by atoms with van der Waals surface area (Å²) in [5.41, 5.74) is 0. The van der Waals surface area contributed by atoms with Gasteiger partial charge in [0.1, 0.15) is 5.92 Å². The lowest BCUT2D eigenvalue weighted by Crippen LogP contribution is -2.33. The number of amides is 1. The lowest BCUT2D eigenvalue weighted by Gasteiger charge is -2.09. The van der Waals surface area contributed by atoms with Crippen LogP contribution >= 0.6 is 0 Å². The highest BCUT2D eigenvalue weighted by Gasteiger charge is 2.28. The minimum atomic E-state index is -0.586. The average molecular weight is 171 g/mol. The monoisotopic (exact) mass is 171 g/mol. The molecule has 0 saturated carbocycles. The van der Waals surface area contributed by atoms with Gasteiger partial charge >= 0.3 is 5.97 Å². The third-order valence-corrected chi connectivity index (χ3v) is 1.98. The van der Waals surface area contributed by atoms with Crippen LogP contribution in [0.25, 0.3) is 0 Å². The van der Waals surface area contributed by atoms with Crippen LogP contribution < -0.4 is 5.32 Å². The van der Waals surface area contributed by atoms with E-state index in [0.717, 1.165) is 12.8 Å². The van der Waals surface area contributed by atoms with Gasteiger partial charge in [-0.2, -0.15) is 0 Å². The van der Waals surface area contributed by atoms with E-state index >= 15 is 0 Å². The highest BCUT2D eigenvalue weighted by molar-refractivity contribution is 5.97. The van der Waals surface area contributed by atoms with E-state index in [4.69, 9.17) is 4.74 Å². The van der Waals surface area contributed by atoms with Gasteiger partial charge in [0.2, 0.25) is 5.91 Å². The smallest absolute Gasteiger partial charge is 0.318 e. The molecule has 4 heteroatoms. The van der Waals surface area contributed by atoms with Gasteiger partial charge in [-0.1, -0.05) is 0 Å². The third kappa shape index (κ3) is 1.96. The van der Waals surface area contributed by atoms with Gasteiger partial charge in [0.15, 0.2) is 0 Å². The molecule has 1 N–H and O–H groups in total. The molecular formula is C8H13NO3. The molecule has 1 saturated heterocycles. The van der Waals surface area contributed by atoms with E-state index in [1.54, 1.807) is 0 Å². The summed E-state index contributed by atoms with van der Waals surface area (Å²) >= 11 is 0. The Morgan fingerprint density at radius 1 is 1.58 bits per heavy atom. The molecule has 68 valence electrons. The zero-order chi connectivity index (χ0) is 8.97. The van der Waals surface area contributed by atoms with Crippen molar-refractivity contribution >= 4 is 11.9 Å². The van der Waals surface area contributed by atoms with Gasteiger partial charge in [0.05, 0.1) is 6.61 Å². The average Bonchev–Trinajstić information content (AvgIpc) is 2.28. The molecule has 1 atom stereocenters. The van der Waals surface area contributed by atoms with Crippen LogP contribution in [0, 0.1) is 5.92 Å². The van der Waals surface area contributed by atoms with E-state index in [1.165, 1.54) is 7.05 Å². The van der Waals surface area contributed by atoms with Crippen molar-refractivity contribution in [3.8, 4) is 0 Å². The number of hydrogen-bond donors (Lipinski definition) is 1. The minimum absolute atomic E-state index is 0.234. The molecule has 1 fully saturated rings. The highest BCUT2D eigenvalue weighted by Crippen LogP contribution is 2.15. The van der Waals surface area contributed by atoms with Gasteiger partial charge in [-0.15, -0.1) is 0 Å². The van der Waals surface area contributed by atoms with Crippen molar-refractivity contribution in [2.75, 3.05) is 13.7 Å². The second-order valence-corrected chi connectivity index (χ2v) is 2.83. The number of nitrogens with one attached hydrogen (secondary N) is 1. The number of ether oxygens (including phenoxy) is 1. The van der Waals surface area contributed by atoms with Crippen LogP contribution in [0.5, 0.6) is 0 Å². The van der Waals surface area contributed by atoms with Crippen LogP contribution in [-0.2, 0) is 14.3 Å². The number of carbonyl (C=O) groups is 2. The van der Waals surface area contributed by atoms with Crippen LogP contribution in [0.2, 0.25) is 0 Å². The number of cyclic esters (lactones) is 1. The molecule has 0 radical (unpaired) electrons. The zero-order valence-corrected chi connectivity index (χ0v) is 7.13. The molecule has 0 aliphatic carbocycles. The lowest BCUT2D eigenvalue weighted by molar-refractivity contribution is -0.151. The normalized spacial score (nSPS) is 24.1. The fourth-order valence-electron chi connectivity index (χ4n) is 1.25. The standard InChI is InChI=1S/C8H13NO3/c1-9-7(10)6-4-2-3-5-12-8(6)11/h6H,2-5H2,1H3,(H,9,10). The summed E-state index contributed by atoms with van der Waals surface area (Å²) in [5, 5.41) is 2.45. The number of hydrogen-bond acceptors (Lipinski definition) is 3. The van der Waals surface area contributed by atoms with Gasteiger partial charge < -0.3 is 10.1 Å². The van der Waals surface area contributed by atoms with Crippen molar-refractivity contribution in [3.63, 3.8) is 0 Å². The molecule has 0 bridgehead atoms. The largest absolute Gasteiger partial charge is 0.465 e. The molecule has 0 aromatic heterocycles. The molecule has 1 heterocycles. The van der Waals surface area contributed by atoms with Crippen LogP contribution in [-0.4, -0.2) is 25.5 Å².